The van der Waals surface area contributed by atoms with E-state index in [1.54, 1.807) is 7.11 Å². The third-order valence-corrected chi connectivity index (χ3v) is 11.0. The van der Waals surface area contributed by atoms with Crippen LogP contribution < -0.4 is 4.74 Å². The van der Waals surface area contributed by atoms with Crippen molar-refractivity contribution in [3.63, 3.8) is 0 Å². The number of aryl methyl sites for hydroxylation is 5. The van der Waals surface area contributed by atoms with Crippen LogP contribution >= 0.6 is 0 Å². The van der Waals surface area contributed by atoms with Gasteiger partial charge >= 0.3 is 0 Å². The summed E-state index contributed by atoms with van der Waals surface area (Å²) < 4.78 is 8.15. The van der Waals surface area contributed by atoms with Crippen molar-refractivity contribution in [2.24, 2.45) is 0 Å². The molecule has 0 unspecified atom stereocenters. The van der Waals surface area contributed by atoms with Crippen molar-refractivity contribution >= 4 is 27.2 Å². The Hall–Kier alpha value is -6.45. The van der Waals surface area contributed by atoms with Gasteiger partial charge < -0.3 is 4.74 Å². The van der Waals surface area contributed by atoms with Crippen LogP contribution in [0.25, 0.3) is 82.8 Å². The summed E-state index contributed by atoms with van der Waals surface area (Å²) in [6.07, 6.45) is 1.92. The van der Waals surface area contributed by atoms with Crippen molar-refractivity contribution in [3.8, 4) is 61.4 Å². The molecule has 0 saturated heterocycles. The van der Waals surface area contributed by atoms with Crippen LogP contribution in [-0.4, -0.2) is 16.7 Å². The molecule has 0 aliphatic heterocycles. The summed E-state index contributed by atoms with van der Waals surface area (Å²) in [7, 11) is 1.77. The molecule has 0 aliphatic carbocycles. The molecule has 2 aromatic heterocycles. The SMILES string of the molecule is COc1c(-c2ccccc2)cc(C)cc1-c1ccc(-c2cc(C)c(-c3ccc4c(c3)c3ccnn3c3cccc(-c5ccc(C)cc5C)c43)c(C)c2)cc1. The molecule has 0 saturated carbocycles. The van der Waals surface area contributed by atoms with Crippen molar-refractivity contribution in [2.75, 3.05) is 7.11 Å². The summed E-state index contributed by atoms with van der Waals surface area (Å²) in [4.78, 5) is 0. The Bertz CT molecular complexity index is 2870. The number of rotatable bonds is 6. The van der Waals surface area contributed by atoms with E-state index in [4.69, 9.17) is 9.84 Å². The second-order valence-corrected chi connectivity index (χ2v) is 14.7. The molecule has 0 bridgehead atoms. The average molecular weight is 699 g/mol. The first-order valence-electron chi connectivity index (χ1n) is 18.7. The fourth-order valence-electron chi connectivity index (χ4n) is 8.64. The zero-order valence-corrected chi connectivity index (χ0v) is 31.7. The molecular weight excluding hydrogens is 657 g/mol. The molecule has 0 N–H and O–H groups in total. The smallest absolute Gasteiger partial charge is 0.134 e. The lowest BCUT2D eigenvalue weighted by Crippen LogP contribution is -1.96. The highest BCUT2D eigenvalue weighted by atomic mass is 16.5. The molecule has 0 spiro atoms. The third kappa shape index (κ3) is 5.56. The second kappa shape index (κ2) is 13.2. The van der Waals surface area contributed by atoms with Gasteiger partial charge in [0.05, 0.1) is 24.3 Å². The molecule has 9 aromatic rings. The Balaban J connectivity index is 1.12. The minimum Gasteiger partial charge on any atom is -0.495 e. The number of pyridine rings is 1. The first-order valence-corrected chi connectivity index (χ1v) is 18.7. The van der Waals surface area contributed by atoms with Gasteiger partial charge in [0.1, 0.15) is 5.75 Å². The quantitative estimate of drug-likeness (QED) is 0.162. The largest absolute Gasteiger partial charge is 0.495 e. The fourth-order valence-corrected chi connectivity index (χ4v) is 8.64. The summed E-state index contributed by atoms with van der Waals surface area (Å²) in [5, 5.41) is 8.49. The van der Waals surface area contributed by atoms with Crippen molar-refractivity contribution in [1.29, 1.82) is 0 Å². The Labute approximate surface area is 317 Å². The molecule has 0 radical (unpaired) electrons. The second-order valence-electron chi connectivity index (χ2n) is 14.7. The highest BCUT2D eigenvalue weighted by molar-refractivity contribution is 6.18. The van der Waals surface area contributed by atoms with E-state index >= 15 is 0 Å². The van der Waals surface area contributed by atoms with Crippen LogP contribution in [0.4, 0.5) is 0 Å². The van der Waals surface area contributed by atoms with E-state index in [1.165, 1.54) is 77.4 Å². The van der Waals surface area contributed by atoms with Gasteiger partial charge in [0.25, 0.3) is 0 Å². The predicted octanol–water partition coefficient (Wildman–Crippen LogP) is 13.5. The number of benzene rings is 7. The predicted molar refractivity (Wildman–Crippen MR) is 228 cm³/mol. The number of nitrogens with zero attached hydrogens (tertiary/aromatic N) is 2. The van der Waals surface area contributed by atoms with Gasteiger partial charge in [0, 0.05) is 21.9 Å². The molecule has 2 heterocycles. The summed E-state index contributed by atoms with van der Waals surface area (Å²) in [6.45, 7) is 11.0. The molecule has 9 rings (SSSR count). The Morgan fingerprint density at radius 1 is 0.444 bits per heavy atom. The van der Waals surface area contributed by atoms with Gasteiger partial charge in [0.15, 0.2) is 0 Å². The number of aromatic nitrogens is 2. The highest BCUT2D eigenvalue weighted by Crippen LogP contribution is 2.43. The first kappa shape index (κ1) is 33.4. The Kier molecular flexibility index (Phi) is 8.16. The highest BCUT2D eigenvalue weighted by Gasteiger charge is 2.18. The summed E-state index contributed by atoms with van der Waals surface area (Å²) in [5.41, 5.74) is 20.4. The van der Waals surface area contributed by atoms with Crippen LogP contribution in [0.5, 0.6) is 5.75 Å². The zero-order valence-electron chi connectivity index (χ0n) is 31.7. The van der Waals surface area contributed by atoms with Crippen molar-refractivity contribution in [1.82, 2.24) is 9.61 Å². The first-order chi connectivity index (χ1) is 26.3. The summed E-state index contributed by atoms with van der Waals surface area (Å²) in [6, 6.07) is 50.9. The normalized spacial score (nSPS) is 11.5. The molecule has 0 amide bonds. The minimum absolute atomic E-state index is 0.897. The topological polar surface area (TPSA) is 26.5 Å². The van der Waals surface area contributed by atoms with E-state index in [1.807, 2.05) is 12.3 Å². The molecule has 3 nitrogen and oxygen atoms in total. The Morgan fingerprint density at radius 2 is 1.13 bits per heavy atom. The van der Waals surface area contributed by atoms with E-state index in [0.717, 1.165) is 39.0 Å². The summed E-state index contributed by atoms with van der Waals surface area (Å²) in [5.74, 6) is 0.897. The van der Waals surface area contributed by atoms with E-state index in [2.05, 4.69) is 173 Å². The van der Waals surface area contributed by atoms with Gasteiger partial charge in [-0.15, -0.1) is 0 Å². The van der Waals surface area contributed by atoms with Gasteiger partial charge in [-0.1, -0.05) is 115 Å². The van der Waals surface area contributed by atoms with Gasteiger partial charge in [0.2, 0.25) is 0 Å². The lowest BCUT2D eigenvalue weighted by molar-refractivity contribution is 0.418. The van der Waals surface area contributed by atoms with Crippen LogP contribution in [0.3, 0.4) is 0 Å². The minimum atomic E-state index is 0.897. The van der Waals surface area contributed by atoms with Crippen LogP contribution in [0, 0.1) is 34.6 Å². The maximum atomic E-state index is 6.04. The molecular formula is C51H42N2O. The number of ether oxygens (including phenoxy) is 1. The monoisotopic (exact) mass is 698 g/mol. The van der Waals surface area contributed by atoms with Crippen LogP contribution in [0.2, 0.25) is 0 Å². The number of hydrogen-bond donors (Lipinski definition) is 0. The standard InChI is InChI=1S/C51H42N2O/c1-31-15-21-41(33(3)25-31)42-13-10-14-48-50(42)43-22-20-39(30-46(43)47-23-24-52-53(47)48)49-34(4)28-40(29-35(49)5)36-16-18-38(19-17-36)45-27-32(2)26-44(51(45)54-6)37-11-8-7-9-12-37/h7-30H,1-6H3. The lowest BCUT2D eigenvalue weighted by atomic mass is 9.88. The van der Waals surface area contributed by atoms with Crippen molar-refractivity contribution in [3.05, 3.63) is 174 Å². The fraction of sp³-hybridized carbons (Fsp3) is 0.118. The van der Waals surface area contributed by atoms with Crippen molar-refractivity contribution < 1.29 is 4.74 Å². The van der Waals surface area contributed by atoms with Crippen molar-refractivity contribution in [2.45, 2.75) is 34.6 Å². The average Bonchev–Trinajstić information content (AvgIpc) is 3.69. The molecule has 54 heavy (non-hydrogen) atoms. The third-order valence-electron chi connectivity index (χ3n) is 11.0. The number of fused-ring (bicyclic) bond motifs is 6. The molecule has 262 valence electrons. The van der Waals surface area contributed by atoms with Gasteiger partial charge in [-0.25, -0.2) is 4.52 Å². The Morgan fingerprint density at radius 3 is 1.83 bits per heavy atom. The molecule has 3 heteroatoms. The van der Waals surface area contributed by atoms with Crippen LogP contribution in [0.1, 0.15) is 27.8 Å². The zero-order chi connectivity index (χ0) is 37.1. The van der Waals surface area contributed by atoms with Crippen LogP contribution in [0.15, 0.2) is 146 Å². The molecule has 0 atom stereocenters. The molecule has 0 aliphatic rings. The van der Waals surface area contributed by atoms with Gasteiger partial charge in [-0.2, -0.15) is 5.10 Å². The summed E-state index contributed by atoms with van der Waals surface area (Å²) >= 11 is 0. The van der Waals surface area contributed by atoms with Crippen LogP contribution in [-0.2, 0) is 0 Å². The van der Waals surface area contributed by atoms with E-state index in [9.17, 15) is 0 Å². The number of hydrogen-bond acceptors (Lipinski definition) is 2. The number of methoxy groups -OCH3 is 1. The van der Waals surface area contributed by atoms with E-state index < -0.39 is 0 Å². The maximum absolute atomic E-state index is 6.04. The molecule has 0 fully saturated rings. The lowest BCUT2D eigenvalue weighted by Gasteiger charge is -2.18. The molecule has 7 aromatic carbocycles. The maximum Gasteiger partial charge on any atom is 0.134 e. The van der Waals surface area contributed by atoms with E-state index in [-0.39, 0.29) is 0 Å². The van der Waals surface area contributed by atoms with Gasteiger partial charge in [-0.05, 0) is 137 Å². The van der Waals surface area contributed by atoms with E-state index in [0.29, 0.717) is 0 Å². The van der Waals surface area contributed by atoms with Gasteiger partial charge in [-0.3, -0.25) is 0 Å².